The fourth-order valence-electron chi connectivity index (χ4n) is 0.957. The molecule has 0 aliphatic heterocycles. The van der Waals surface area contributed by atoms with Crippen molar-refractivity contribution in [3.05, 3.63) is 0 Å². The van der Waals surface area contributed by atoms with E-state index >= 15 is 0 Å². The van der Waals surface area contributed by atoms with Gasteiger partial charge in [-0.15, -0.1) is 0 Å². The SMILES string of the molecule is CNC(=O)N(CCCN)CCOC. The number of hydrogen-bond donors (Lipinski definition) is 2. The zero-order valence-corrected chi connectivity index (χ0v) is 8.38. The number of urea groups is 1. The lowest BCUT2D eigenvalue weighted by Crippen LogP contribution is -2.41. The lowest BCUT2D eigenvalue weighted by atomic mass is 10.4. The summed E-state index contributed by atoms with van der Waals surface area (Å²) in [5, 5.41) is 2.57. The van der Waals surface area contributed by atoms with Gasteiger partial charge in [-0.1, -0.05) is 0 Å². The van der Waals surface area contributed by atoms with Crippen LogP contribution in [-0.2, 0) is 4.74 Å². The maximum Gasteiger partial charge on any atom is 0.317 e. The summed E-state index contributed by atoms with van der Waals surface area (Å²) in [6.07, 6.45) is 0.817. The number of nitrogens with two attached hydrogens (primary N) is 1. The molecule has 0 atom stereocenters. The quantitative estimate of drug-likeness (QED) is 0.598. The summed E-state index contributed by atoms with van der Waals surface area (Å²) in [7, 11) is 3.23. The second kappa shape index (κ2) is 7.82. The van der Waals surface area contributed by atoms with E-state index in [1.807, 2.05) is 0 Å². The van der Waals surface area contributed by atoms with Crippen molar-refractivity contribution in [3.8, 4) is 0 Å². The minimum Gasteiger partial charge on any atom is -0.383 e. The molecule has 0 rings (SSSR count). The van der Waals surface area contributed by atoms with Crippen molar-refractivity contribution in [2.24, 2.45) is 5.73 Å². The third-order valence-corrected chi connectivity index (χ3v) is 1.70. The number of ether oxygens (including phenoxy) is 1. The average Bonchev–Trinajstić information content (AvgIpc) is 2.17. The van der Waals surface area contributed by atoms with Gasteiger partial charge in [-0.05, 0) is 13.0 Å². The van der Waals surface area contributed by atoms with Crippen LogP contribution in [0, 0.1) is 0 Å². The lowest BCUT2D eigenvalue weighted by molar-refractivity contribution is 0.150. The van der Waals surface area contributed by atoms with Crippen LogP contribution in [0.25, 0.3) is 0 Å². The number of nitrogens with zero attached hydrogens (tertiary/aromatic N) is 1. The van der Waals surface area contributed by atoms with Gasteiger partial charge < -0.3 is 20.7 Å². The van der Waals surface area contributed by atoms with E-state index in [1.165, 1.54) is 0 Å². The second-order valence-electron chi connectivity index (χ2n) is 2.68. The van der Waals surface area contributed by atoms with Crippen LogP contribution in [0.5, 0.6) is 0 Å². The highest BCUT2D eigenvalue weighted by molar-refractivity contribution is 5.73. The Hall–Kier alpha value is -0.810. The Morgan fingerprint density at radius 2 is 2.23 bits per heavy atom. The summed E-state index contributed by atoms with van der Waals surface area (Å²) in [5.74, 6) is 0. The molecule has 0 heterocycles. The third kappa shape index (κ3) is 5.43. The Labute approximate surface area is 79.2 Å². The number of methoxy groups -OCH3 is 1. The Morgan fingerprint density at radius 1 is 1.54 bits per heavy atom. The van der Waals surface area contributed by atoms with Gasteiger partial charge in [0.2, 0.25) is 0 Å². The van der Waals surface area contributed by atoms with Gasteiger partial charge in [0.1, 0.15) is 0 Å². The first kappa shape index (κ1) is 12.2. The van der Waals surface area contributed by atoms with Gasteiger partial charge in [0.15, 0.2) is 0 Å². The number of hydrogen-bond acceptors (Lipinski definition) is 3. The molecule has 0 radical (unpaired) electrons. The van der Waals surface area contributed by atoms with Crippen LogP contribution in [0.1, 0.15) is 6.42 Å². The molecule has 0 bridgehead atoms. The largest absolute Gasteiger partial charge is 0.383 e. The standard InChI is InChI=1S/C8H19N3O2/c1-10-8(12)11(5-3-4-9)6-7-13-2/h3-7,9H2,1-2H3,(H,10,12). The number of amides is 2. The molecule has 5 heteroatoms. The van der Waals surface area contributed by atoms with E-state index in [2.05, 4.69) is 5.32 Å². The van der Waals surface area contributed by atoms with E-state index in [1.54, 1.807) is 19.1 Å². The van der Waals surface area contributed by atoms with Crippen LogP contribution in [-0.4, -0.2) is 51.3 Å². The molecule has 0 spiro atoms. The summed E-state index contributed by atoms with van der Waals surface area (Å²) < 4.78 is 4.89. The highest BCUT2D eigenvalue weighted by Crippen LogP contribution is 1.91. The van der Waals surface area contributed by atoms with Crippen molar-refractivity contribution in [2.45, 2.75) is 6.42 Å². The van der Waals surface area contributed by atoms with Crippen molar-refractivity contribution < 1.29 is 9.53 Å². The van der Waals surface area contributed by atoms with Crippen molar-refractivity contribution >= 4 is 6.03 Å². The van der Waals surface area contributed by atoms with Crippen LogP contribution in [0.2, 0.25) is 0 Å². The van der Waals surface area contributed by atoms with Gasteiger partial charge >= 0.3 is 6.03 Å². The van der Waals surface area contributed by atoms with E-state index in [0.29, 0.717) is 26.2 Å². The first-order chi connectivity index (χ1) is 6.26. The molecule has 0 aromatic heterocycles. The predicted octanol–water partition coefficient (Wildman–Crippen LogP) is -0.377. The molecule has 0 aromatic carbocycles. The first-order valence-electron chi connectivity index (χ1n) is 4.42. The normalized spacial score (nSPS) is 9.77. The number of rotatable bonds is 6. The first-order valence-corrected chi connectivity index (χ1v) is 4.42. The fourth-order valence-corrected chi connectivity index (χ4v) is 0.957. The zero-order chi connectivity index (χ0) is 10.1. The molecule has 0 aliphatic rings. The van der Waals surface area contributed by atoms with Gasteiger partial charge in [-0.3, -0.25) is 0 Å². The van der Waals surface area contributed by atoms with Crippen LogP contribution in [0.3, 0.4) is 0 Å². The Bertz CT molecular complexity index is 133. The molecule has 13 heavy (non-hydrogen) atoms. The molecule has 0 saturated carbocycles. The molecular formula is C8H19N3O2. The van der Waals surface area contributed by atoms with Crippen molar-refractivity contribution in [3.63, 3.8) is 0 Å². The van der Waals surface area contributed by atoms with Gasteiger partial charge in [-0.2, -0.15) is 0 Å². The minimum atomic E-state index is -0.0782. The van der Waals surface area contributed by atoms with E-state index in [0.717, 1.165) is 6.42 Å². The lowest BCUT2D eigenvalue weighted by Gasteiger charge is -2.21. The van der Waals surface area contributed by atoms with Crippen LogP contribution in [0.15, 0.2) is 0 Å². The Balaban J connectivity index is 3.79. The van der Waals surface area contributed by atoms with E-state index in [-0.39, 0.29) is 6.03 Å². The highest BCUT2D eigenvalue weighted by atomic mass is 16.5. The zero-order valence-electron chi connectivity index (χ0n) is 8.38. The molecule has 0 fully saturated rings. The Kier molecular flexibility index (Phi) is 7.33. The molecular weight excluding hydrogens is 170 g/mol. The molecule has 3 N–H and O–H groups in total. The summed E-state index contributed by atoms with van der Waals surface area (Å²) in [6, 6.07) is -0.0782. The highest BCUT2D eigenvalue weighted by Gasteiger charge is 2.09. The van der Waals surface area contributed by atoms with Crippen LogP contribution < -0.4 is 11.1 Å². The summed E-state index contributed by atoms with van der Waals surface area (Å²) >= 11 is 0. The topological polar surface area (TPSA) is 67.6 Å². The average molecular weight is 189 g/mol. The van der Waals surface area contributed by atoms with Crippen molar-refractivity contribution in [1.82, 2.24) is 10.2 Å². The maximum absolute atomic E-state index is 11.2. The van der Waals surface area contributed by atoms with Crippen LogP contribution >= 0.6 is 0 Å². The van der Waals surface area contributed by atoms with Gasteiger partial charge in [-0.25, -0.2) is 4.79 Å². The van der Waals surface area contributed by atoms with E-state index in [9.17, 15) is 4.79 Å². The second-order valence-corrected chi connectivity index (χ2v) is 2.68. The van der Waals surface area contributed by atoms with Gasteiger partial charge in [0.05, 0.1) is 6.61 Å². The minimum absolute atomic E-state index is 0.0782. The monoisotopic (exact) mass is 189 g/mol. The Morgan fingerprint density at radius 3 is 2.69 bits per heavy atom. The van der Waals surface area contributed by atoms with Crippen LogP contribution in [0.4, 0.5) is 4.79 Å². The summed E-state index contributed by atoms with van der Waals surface area (Å²) in [5.41, 5.74) is 5.36. The maximum atomic E-state index is 11.2. The van der Waals surface area contributed by atoms with Crippen molar-refractivity contribution in [2.75, 3.05) is 40.4 Å². The molecule has 2 amide bonds. The molecule has 0 aliphatic carbocycles. The molecule has 5 nitrogen and oxygen atoms in total. The fraction of sp³-hybridized carbons (Fsp3) is 0.875. The van der Waals surface area contributed by atoms with Gasteiger partial charge in [0.25, 0.3) is 0 Å². The molecule has 0 saturated heterocycles. The van der Waals surface area contributed by atoms with E-state index in [4.69, 9.17) is 10.5 Å². The molecule has 78 valence electrons. The molecule has 0 unspecified atom stereocenters. The number of carbonyl (C=O) groups excluding carboxylic acids is 1. The summed E-state index contributed by atoms with van der Waals surface area (Å²) in [4.78, 5) is 12.9. The molecule has 0 aromatic rings. The van der Waals surface area contributed by atoms with E-state index < -0.39 is 0 Å². The third-order valence-electron chi connectivity index (χ3n) is 1.70. The smallest absolute Gasteiger partial charge is 0.317 e. The number of carbonyl (C=O) groups is 1. The number of nitrogens with one attached hydrogen (secondary N) is 1. The van der Waals surface area contributed by atoms with Crippen molar-refractivity contribution in [1.29, 1.82) is 0 Å². The van der Waals surface area contributed by atoms with Gasteiger partial charge in [0, 0.05) is 27.2 Å². The summed E-state index contributed by atoms with van der Waals surface area (Å²) in [6.45, 7) is 2.44. The predicted molar refractivity (Wildman–Crippen MR) is 51.6 cm³/mol.